The van der Waals surface area contributed by atoms with Crippen LogP contribution < -0.4 is 10.2 Å². The third-order valence-corrected chi connectivity index (χ3v) is 5.25. The minimum Gasteiger partial charge on any atom is -0.355 e. The first-order chi connectivity index (χ1) is 12.2. The summed E-state index contributed by atoms with van der Waals surface area (Å²) >= 11 is 0. The molecule has 3 nitrogen and oxygen atoms in total. The number of rotatable bonds is 4. The number of nitrogens with zero attached hydrogens (tertiary/aromatic N) is 2. The lowest BCUT2D eigenvalue weighted by Crippen LogP contribution is -2.34. The summed E-state index contributed by atoms with van der Waals surface area (Å²) < 4.78 is 0. The summed E-state index contributed by atoms with van der Waals surface area (Å²) in [6, 6.07) is 20.2. The Bertz CT molecular complexity index is 869. The van der Waals surface area contributed by atoms with Crippen LogP contribution in [0.3, 0.4) is 0 Å². The fourth-order valence-electron chi connectivity index (χ4n) is 3.97. The van der Waals surface area contributed by atoms with E-state index in [0.29, 0.717) is 12.1 Å². The van der Waals surface area contributed by atoms with Gasteiger partial charge in [0.1, 0.15) is 5.82 Å². The van der Waals surface area contributed by atoms with E-state index >= 15 is 0 Å². The molecule has 1 aliphatic rings. The highest BCUT2D eigenvalue weighted by atomic mass is 15.2. The number of aryl methyl sites for hydroxylation is 1. The number of nitrogens with one attached hydrogen (secondary N) is 1. The minimum atomic E-state index is 0.334. The molecule has 2 heterocycles. The van der Waals surface area contributed by atoms with Crippen molar-refractivity contribution in [1.29, 1.82) is 0 Å². The molecule has 0 saturated carbocycles. The number of aromatic nitrogens is 1. The van der Waals surface area contributed by atoms with Gasteiger partial charge in [0.05, 0.1) is 0 Å². The van der Waals surface area contributed by atoms with Crippen LogP contribution in [0.15, 0.2) is 60.8 Å². The van der Waals surface area contributed by atoms with E-state index < -0.39 is 0 Å². The fraction of sp³-hybridized carbons (Fsp3) is 0.318. The molecule has 1 aliphatic heterocycles. The first-order valence-electron chi connectivity index (χ1n) is 9.12. The van der Waals surface area contributed by atoms with Gasteiger partial charge in [-0.3, -0.25) is 0 Å². The normalized spacial score (nSPS) is 18.6. The highest BCUT2D eigenvalue weighted by Gasteiger charge is 2.25. The maximum Gasteiger partial charge on any atom is 0.131 e. The average Bonchev–Trinajstić information content (AvgIpc) is 3.09. The number of benzene rings is 2. The summed E-state index contributed by atoms with van der Waals surface area (Å²) in [6.07, 6.45) is 3.05. The number of anilines is 1. The highest BCUT2D eigenvalue weighted by molar-refractivity contribution is 5.86. The maximum absolute atomic E-state index is 4.57. The van der Waals surface area contributed by atoms with Gasteiger partial charge in [0, 0.05) is 31.4 Å². The topological polar surface area (TPSA) is 28.2 Å². The van der Waals surface area contributed by atoms with Gasteiger partial charge in [0.25, 0.3) is 0 Å². The molecule has 128 valence electrons. The van der Waals surface area contributed by atoms with Crippen LogP contribution in [0.1, 0.15) is 30.5 Å². The molecule has 1 saturated heterocycles. The molecule has 0 bridgehead atoms. The zero-order valence-electron chi connectivity index (χ0n) is 14.9. The Kier molecular flexibility index (Phi) is 4.41. The predicted octanol–water partition coefficient (Wildman–Crippen LogP) is 4.47. The van der Waals surface area contributed by atoms with E-state index in [1.807, 2.05) is 12.3 Å². The van der Waals surface area contributed by atoms with Gasteiger partial charge in [0.15, 0.2) is 0 Å². The minimum absolute atomic E-state index is 0.334. The Hall–Kier alpha value is -2.39. The van der Waals surface area contributed by atoms with E-state index in [1.165, 1.54) is 21.9 Å². The van der Waals surface area contributed by atoms with Crippen molar-refractivity contribution in [2.75, 3.05) is 18.0 Å². The molecule has 0 aliphatic carbocycles. The van der Waals surface area contributed by atoms with Crippen LogP contribution in [0.5, 0.6) is 0 Å². The number of hydrogen-bond acceptors (Lipinski definition) is 3. The van der Waals surface area contributed by atoms with Gasteiger partial charge in [-0.15, -0.1) is 0 Å². The number of fused-ring (bicyclic) bond motifs is 1. The third-order valence-electron chi connectivity index (χ3n) is 5.25. The lowest BCUT2D eigenvalue weighted by molar-refractivity contribution is 0.483. The molecule has 1 fully saturated rings. The summed E-state index contributed by atoms with van der Waals surface area (Å²) in [5, 5.41) is 6.50. The molecule has 25 heavy (non-hydrogen) atoms. The Morgan fingerprint density at radius 1 is 1.08 bits per heavy atom. The van der Waals surface area contributed by atoms with Crippen LogP contribution in [0, 0.1) is 6.92 Å². The van der Waals surface area contributed by atoms with Crippen LogP contribution >= 0.6 is 0 Å². The van der Waals surface area contributed by atoms with Crippen LogP contribution in [0.2, 0.25) is 0 Å². The molecule has 2 aromatic carbocycles. The molecule has 3 heteroatoms. The van der Waals surface area contributed by atoms with Crippen molar-refractivity contribution in [2.45, 2.75) is 32.4 Å². The lowest BCUT2D eigenvalue weighted by atomic mass is 9.99. The molecule has 0 amide bonds. The van der Waals surface area contributed by atoms with Crippen LogP contribution in [-0.2, 0) is 0 Å². The molecule has 1 N–H and O–H groups in total. The molecule has 0 unspecified atom stereocenters. The summed E-state index contributed by atoms with van der Waals surface area (Å²) in [5.74, 6) is 1.13. The first kappa shape index (κ1) is 16.1. The van der Waals surface area contributed by atoms with Crippen molar-refractivity contribution in [3.8, 4) is 0 Å². The molecule has 2 atom stereocenters. The van der Waals surface area contributed by atoms with Gasteiger partial charge in [-0.05, 0) is 48.2 Å². The molecular weight excluding hydrogens is 306 g/mol. The van der Waals surface area contributed by atoms with Crippen molar-refractivity contribution >= 4 is 16.6 Å². The highest BCUT2D eigenvalue weighted by Crippen LogP contribution is 2.26. The zero-order chi connectivity index (χ0) is 17.2. The van der Waals surface area contributed by atoms with E-state index in [0.717, 1.165) is 25.3 Å². The monoisotopic (exact) mass is 331 g/mol. The first-order valence-corrected chi connectivity index (χ1v) is 9.12. The molecule has 0 spiro atoms. The second kappa shape index (κ2) is 6.85. The Morgan fingerprint density at radius 3 is 2.80 bits per heavy atom. The Morgan fingerprint density at radius 2 is 1.92 bits per heavy atom. The van der Waals surface area contributed by atoms with Crippen LogP contribution in [-0.4, -0.2) is 24.1 Å². The van der Waals surface area contributed by atoms with Gasteiger partial charge >= 0.3 is 0 Å². The summed E-state index contributed by atoms with van der Waals surface area (Å²) in [5.41, 5.74) is 2.64. The summed E-state index contributed by atoms with van der Waals surface area (Å²) in [4.78, 5) is 6.98. The lowest BCUT2D eigenvalue weighted by Gasteiger charge is -2.23. The predicted molar refractivity (Wildman–Crippen MR) is 105 cm³/mol. The van der Waals surface area contributed by atoms with Gasteiger partial charge in [-0.1, -0.05) is 48.5 Å². The largest absolute Gasteiger partial charge is 0.355 e. The van der Waals surface area contributed by atoms with Crippen molar-refractivity contribution < 1.29 is 0 Å². The fourth-order valence-corrected chi connectivity index (χ4v) is 3.97. The Labute approximate surface area is 149 Å². The van der Waals surface area contributed by atoms with Gasteiger partial charge in [0.2, 0.25) is 0 Å². The van der Waals surface area contributed by atoms with E-state index in [2.05, 4.69) is 77.6 Å². The Balaban J connectivity index is 1.48. The van der Waals surface area contributed by atoms with Gasteiger partial charge in [-0.25, -0.2) is 4.98 Å². The zero-order valence-corrected chi connectivity index (χ0v) is 14.9. The summed E-state index contributed by atoms with van der Waals surface area (Å²) in [7, 11) is 0. The molecule has 4 rings (SSSR count). The van der Waals surface area contributed by atoms with Crippen LogP contribution in [0.25, 0.3) is 10.8 Å². The molecule has 0 radical (unpaired) electrons. The van der Waals surface area contributed by atoms with E-state index in [4.69, 9.17) is 0 Å². The van der Waals surface area contributed by atoms with E-state index in [1.54, 1.807) is 0 Å². The summed E-state index contributed by atoms with van der Waals surface area (Å²) in [6.45, 7) is 6.50. The molecule has 3 aromatic rings. The smallest absolute Gasteiger partial charge is 0.131 e. The maximum atomic E-state index is 4.57. The second-order valence-electron chi connectivity index (χ2n) is 7.03. The van der Waals surface area contributed by atoms with E-state index in [-0.39, 0.29) is 0 Å². The second-order valence-corrected chi connectivity index (χ2v) is 7.03. The average molecular weight is 331 g/mol. The van der Waals surface area contributed by atoms with Crippen molar-refractivity contribution in [1.82, 2.24) is 10.3 Å². The van der Waals surface area contributed by atoms with E-state index in [9.17, 15) is 0 Å². The molecule has 1 aromatic heterocycles. The third kappa shape index (κ3) is 3.24. The quantitative estimate of drug-likeness (QED) is 0.764. The van der Waals surface area contributed by atoms with Gasteiger partial charge in [-0.2, -0.15) is 0 Å². The number of pyridine rings is 1. The van der Waals surface area contributed by atoms with Crippen molar-refractivity contribution in [2.24, 2.45) is 0 Å². The molecular formula is C22H25N3. The van der Waals surface area contributed by atoms with Crippen LogP contribution in [0.4, 0.5) is 5.82 Å². The number of hydrogen-bond donors (Lipinski definition) is 1. The standard InChI is InChI=1S/C22H25N3/c1-16-7-6-13-23-22(16)25-14-12-19(15-25)24-17(2)20-11-5-9-18-8-3-4-10-21(18)20/h3-11,13,17,19,24H,12,14-15H2,1-2H3/t17-,19+/m1/s1. The van der Waals surface area contributed by atoms with Crippen molar-refractivity contribution in [3.05, 3.63) is 71.9 Å². The van der Waals surface area contributed by atoms with Crippen molar-refractivity contribution in [3.63, 3.8) is 0 Å². The van der Waals surface area contributed by atoms with Gasteiger partial charge < -0.3 is 10.2 Å². The SMILES string of the molecule is Cc1cccnc1N1CC[C@H](N[C@H](C)c2cccc3ccccc23)C1.